The molecule has 1 heterocycles. The standard InChI is InChI=1S/C29H24N4O6S/c1-17-9-11-21(12-10-17)40-22-14-19(13-20(15-22)33(36)37)32-26(29(35)39-3)25(28(34)38-2)24(23(16-30)27(32)31)18-7-5-4-6-8-18/h4-15,24H,31H2,1-3H3. The van der Waals surface area contributed by atoms with Gasteiger partial charge in [0.2, 0.25) is 0 Å². The van der Waals surface area contributed by atoms with E-state index in [0.29, 0.717) is 10.5 Å². The van der Waals surface area contributed by atoms with Gasteiger partial charge in [-0.25, -0.2) is 9.59 Å². The Hall–Kier alpha value is -5.08. The van der Waals surface area contributed by atoms with Crippen LogP contribution in [0, 0.1) is 28.4 Å². The van der Waals surface area contributed by atoms with Crippen molar-refractivity contribution in [3.05, 3.63) is 117 Å². The summed E-state index contributed by atoms with van der Waals surface area (Å²) in [6.07, 6.45) is 0. The zero-order chi connectivity index (χ0) is 29.0. The predicted molar refractivity (Wildman–Crippen MR) is 148 cm³/mol. The lowest BCUT2D eigenvalue weighted by atomic mass is 9.81. The minimum atomic E-state index is -1.05. The molecule has 0 bridgehead atoms. The molecule has 4 rings (SSSR count). The molecule has 0 fully saturated rings. The Kier molecular flexibility index (Phi) is 8.21. The van der Waals surface area contributed by atoms with Crippen molar-refractivity contribution in [1.29, 1.82) is 5.26 Å². The van der Waals surface area contributed by atoms with Crippen LogP contribution >= 0.6 is 11.8 Å². The Balaban J connectivity index is 2.01. The normalized spacial score (nSPS) is 14.9. The quantitative estimate of drug-likeness (QED) is 0.241. The first-order valence-electron chi connectivity index (χ1n) is 11.9. The molecule has 3 aromatic carbocycles. The van der Waals surface area contributed by atoms with Crippen LogP contribution in [0.15, 0.2) is 105 Å². The summed E-state index contributed by atoms with van der Waals surface area (Å²) in [7, 11) is 2.28. The summed E-state index contributed by atoms with van der Waals surface area (Å²) < 4.78 is 10.1. The van der Waals surface area contributed by atoms with Gasteiger partial charge in [-0.05, 0) is 30.7 Å². The van der Waals surface area contributed by atoms with E-state index in [2.05, 4.69) is 6.07 Å². The van der Waals surface area contributed by atoms with Crippen LogP contribution in [-0.4, -0.2) is 31.1 Å². The third-order valence-corrected chi connectivity index (χ3v) is 7.19. The molecule has 0 spiro atoms. The van der Waals surface area contributed by atoms with Crippen molar-refractivity contribution in [2.45, 2.75) is 22.6 Å². The smallest absolute Gasteiger partial charge is 0.355 e. The topological polar surface area (TPSA) is 149 Å². The summed E-state index contributed by atoms with van der Waals surface area (Å²) in [6, 6.07) is 22.4. The number of nitro groups is 1. The van der Waals surface area contributed by atoms with Crippen LogP contribution in [0.4, 0.5) is 11.4 Å². The fourth-order valence-corrected chi connectivity index (χ4v) is 5.29. The Bertz CT molecular complexity index is 1590. The van der Waals surface area contributed by atoms with Gasteiger partial charge in [-0.15, -0.1) is 0 Å². The molecule has 1 aliphatic heterocycles. The van der Waals surface area contributed by atoms with Gasteiger partial charge in [-0.3, -0.25) is 15.0 Å². The second kappa shape index (κ2) is 11.8. The highest BCUT2D eigenvalue weighted by molar-refractivity contribution is 7.99. The average Bonchev–Trinajstić information content (AvgIpc) is 2.97. The molecule has 1 aliphatic rings. The van der Waals surface area contributed by atoms with Gasteiger partial charge in [0.15, 0.2) is 0 Å². The number of non-ortho nitro benzene ring substituents is 1. The van der Waals surface area contributed by atoms with Crippen LogP contribution in [0.1, 0.15) is 17.0 Å². The van der Waals surface area contributed by atoms with Gasteiger partial charge in [0.1, 0.15) is 11.5 Å². The van der Waals surface area contributed by atoms with Gasteiger partial charge in [0.25, 0.3) is 5.69 Å². The first-order chi connectivity index (χ1) is 19.2. The van der Waals surface area contributed by atoms with Gasteiger partial charge in [-0.2, -0.15) is 5.26 Å². The average molecular weight is 557 g/mol. The Morgan fingerprint density at radius 1 is 1.00 bits per heavy atom. The fourth-order valence-electron chi connectivity index (χ4n) is 4.39. The number of nitrogens with zero attached hydrogens (tertiary/aromatic N) is 3. The molecule has 0 amide bonds. The maximum absolute atomic E-state index is 13.3. The van der Waals surface area contributed by atoms with Gasteiger partial charge in [0, 0.05) is 21.9 Å². The first kappa shape index (κ1) is 27.9. The number of rotatable bonds is 7. The van der Waals surface area contributed by atoms with E-state index in [1.807, 2.05) is 31.2 Å². The second-order valence-electron chi connectivity index (χ2n) is 8.69. The number of ether oxygens (including phenoxy) is 2. The van der Waals surface area contributed by atoms with Gasteiger partial charge in [0.05, 0.1) is 48.0 Å². The molecule has 1 atom stereocenters. The molecule has 0 saturated heterocycles. The van der Waals surface area contributed by atoms with Crippen LogP contribution in [0.25, 0.3) is 0 Å². The molecule has 0 aromatic heterocycles. The third-order valence-electron chi connectivity index (χ3n) is 6.21. The molecule has 10 nitrogen and oxygen atoms in total. The van der Waals surface area contributed by atoms with Crippen molar-refractivity contribution in [1.82, 2.24) is 0 Å². The number of esters is 2. The number of nitriles is 1. The summed E-state index contributed by atoms with van der Waals surface area (Å²) in [6.45, 7) is 1.94. The highest BCUT2D eigenvalue weighted by Crippen LogP contribution is 2.44. The van der Waals surface area contributed by atoms with E-state index in [0.717, 1.165) is 29.6 Å². The first-order valence-corrected chi connectivity index (χ1v) is 12.7. The van der Waals surface area contributed by atoms with E-state index in [9.17, 15) is 25.0 Å². The van der Waals surface area contributed by atoms with Crippen LogP contribution < -0.4 is 10.6 Å². The van der Waals surface area contributed by atoms with E-state index in [1.165, 1.54) is 23.9 Å². The van der Waals surface area contributed by atoms with E-state index in [4.69, 9.17) is 15.2 Å². The van der Waals surface area contributed by atoms with E-state index in [-0.39, 0.29) is 34.0 Å². The maximum Gasteiger partial charge on any atom is 0.355 e. The fraction of sp³-hybridized carbons (Fsp3) is 0.138. The number of hydrogen-bond donors (Lipinski definition) is 1. The lowest BCUT2D eigenvalue weighted by Gasteiger charge is -2.35. The zero-order valence-corrected chi connectivity index (χ0v) is 22.6. The molecule has 0 aliphatic carbocycles. The van der Waals surface area contributed by atoms with Gasteiger partial charge < -0.3 is 15.2 Å². The van der Waals surface area contributed by atoms with Crippen molar-refractivity contribution in [2.75, 3.05) is 19.1 Å². The summed E-state index contributed by atoms with van der Waals surface area (Å²) in [5, 5.41) is 22.1. The minimum Gasteiger partial charge on any atom is -0.466 e. The Morgan fingerprint density at radius 2 is 1.65 bits per heavy atom. The van der Waals surface area contributed by atoms with Gasteiger partial charge >= 0.3 is 11.9 Å². The Morgan fingerprint density at radius 3 is 2.23 bits per heavy atom. The SMILES string of the molecule is COC(=O)C1=C(C(=O)OC)N(c2cc(Sc3ccc(C)cc3)cc([N+](=O)[O-])c2)C(N)=C(C#N)C1c1ccccc1. The molecular formula is C29H24N4O6S. The monoisotopic (exact) mass is 556 g/mol. The lowest BCUT2D eigenvalue weighted by Crippen LogP contribution is -2.40. The summed E-state index contributed by atoms with van der Waals surface area (Å²) >= 11 is 1.26. The molecule has 3 aromatic rings. The number of carbonyl (C=O) groups excluding carboxylic acids is 2. The number of allylic oxidation sites excluding steroid dienone is 1. The molecular weight excluding hydrogens is 532 g/mol. The number of carbonyl (C=O) groups is 2. The molecule has 202 valence electrons. The number of aryl methyl sites for hydroxylation is 1. The largest absolute Gasteiger partial charge is 0.466 e. The third kappa shape index (κ3) is 5.39. The number of methoxy groups -OCH3 is 2. The number of nitro benzene ring substituents is 1. The Labute approximate surface area is 234 Å². The van der Waals surface area contributed by atoms with E-state index < -0.39 is 22.8 Å². The second-order valence-corrected chi connectivity index (χ2v) is 9.84. The molecule has 40 heavy (non-hydrogen) atoms. The van der Waals surface area contributed by atoms with Crippen molar-refractivity contribution in [3.8, 4) is 6.07 Å². The lowest BCUT2D eigenvalue weighted by molar-refractivity contribution is -0.385. The summed E-state index contributed by atoms with van der Waals surface area (Å²) in [4.78, 5) is 40.3. The zero-order valence-electron chi connectivity index (χ0n) is 21.8. The van der Waals surface area contributed by atoms with Crippen molar-refractivity contribution in [3.63, 3.8) is 0 Å². The molecule has 2 N–H and O–H groups in total. The minimum absolute atomic E-state index is 0.0431. The van der Waals surface area contributed by atoms with E-state index in [1.54, 1.807) is 36.4 Å². The van der Waals surface area contributed by atoms with E-state index >= 15 is 0 Å². The molecule has 0 saturated carbocycles. The van der Waals surface area contributed by atoms with Crippen LogP contribution in [-0.2, 0) is 19.1 Å². The van der Waals surface area contributed by atoms with Crippen molar-refractivity contribution >= 4 is 35.1 Å². The van der Waals surface area contributed by atoms with Crippen molar-refractivity contribution < 1.29 is 24.0 Å². The molecule has 0 radical (unpaired) electrons. The van der Waals surface area contributed by atoms with Crippen LogP contribution in [0.3, 0.4) is 0 Å². The number of benzene rings is 3. The summed E-state index contributed by atoms with van der Waals surface area (Å²) in [5.74, 6) is -3.07. The number of anilines is 1. The molecule has 11 heteroatoms. The van der Waals surface area contributed by atoms with Gasteiger partial charge in [-0.1, -0.05) is 59.8 Å². The number of nitrogens with two attached hydrogens (primary N) is 1. The molecule has 1 unspecified atom stereocenters. The highest BCUT2D eigenvalue weighted by Gasteiger charge is 2.43. The maximum atomic E-state index is 13.3. The van der Waals surface area contributed by atoms with Crippen LogP contribution in [0.5, 0.6) is 0 Å². The number of hydrogen-bond acceptors (Lipinski definition) is 10. The highest BCUT2D eigenvalue weighted by atomic mass is 32.2. The van der Waals surface area contributed by atoms with Crippen LogP contribution in [0.2, 0.25) is 0 Å². The summed E-state index contributed by atoms with van der Waals surface area (Å²) in [5.41, 5.74) is 7.36. The van der Waals surface area contributed by atoms with Crippen molar-refractivity contribution in [2.24, 2.45) is 5.73 Å². The predicted octanol–water partition coefficient (Wildman–Crippen LogP) is 4.95.